The third-order valence-electron chi connectivity index (χ3n) is 2.95. The van der Waals surface area contributed by atoms with Gasteiger partial charge in [-0.3, -0.25) is 9.69 Å². The van der Waals surface area contributed by atoms with Crippen molar-refractivity contribution in [1.82, 2.24) is 10.2 Å². The molecule has 1 aliphatic carbocycles. The molecule has 1 unspecified atom stereocenters. The number of carbonyl (C=O) groups is 1. The maximum atomic E-state index is 11.9. The van der Waals surface area contributed by atoms with Crippen LogP contribution in [-0.2, 0) is 4.79 Å². The maximum absolute atomic E-state index is 11.9. The Morgan fingerprint density at radius 2 is 2.12 bits per heavy atom. The summed E-state index contributed by atoms with van der Waals surface area (Å²) in [4.78, 5) is 13.9. The van der Waals surface area contributed by atoms with E-state index in [4.69, 9.17) is 5.26 Å². The van der Waals surface area contributed by atoms with E-state index in [0.717, 1.165) is 12.8 Å². The second kappa shape index (κ2) is 5.86. The molecule has 0 aromatic heterocycles. The predicted molar refractivity (Wildman–Crippen MR) is 62.7 cm³/mol. The van der Waals surface area contributed by atoms with Crippen LogP contribution in [0.25, 0.3) is 0 Å². The number of rotatable bonds is 6. The van der Waals surface area contributed by atoms with E-state index in [9.17, 15) is 4.79 Å². The number of hydrogen-bond acceptors (Lipinski definition) is 3. The molecule has 1 aliphatic rings. The highest BCUT2D eigenvalue weighted by atomic mass is 16.2. The van der Waals surface area contributed by atoms with Crippen LogP contribution in [0.4, 0.5) is 0 Å². The first kappa shape index (κ1) is 13.0. The molecule has 1 fully saturated rings. The van der Waals surface area contributed by atoms with Crippen LogP contribution >= 0.6 is 0 Å². The molecule has 90 valence electrons. The Morgan fingerprint density at radius 1 is 1.50 bits per heavy atom. The van der Waals surface area contributed by atoms with E-state index in [1.807, 2.05) is 6.92 Å². The monoisotopic (exact) mass is 223 g/mol. The lowest BCUT2D eigenvalue weighted by molar-refractivity contribution is -0.126. The molecule has 0 bridgehead atoms. The molecule has 1 rings (SSSR count). The average molecular weight is 223 g/mol. The number of carbonyl (C=O) groups excluding carboxylic acids is 1. The highest BCUT2D eigenvalue weighted by molar-refractivity contribution is 5.81. The summed E-state index contributed by atoms with van der Waals surface area (Å²) in [5.41, 5.74) is 0. The van der Waals surface area contributed by atoms with Crippen molar-refractivity contribution < 1.29 is 4.79 Å². The molecule has 4 nitrogen and oxygen atoms in total. The fraction of sp³-hybridized carbons (Fsp3) is 0.833. The van der Waals surface area contributed by atoms with Crippen molar-refractivity contribution in [2.45, 2.75) is 58.2 Å². The molecular formula is C12H21N3O. The zero-order valence-corrected chi connectivity index (χ0v) is 10.4. The van der Waals surface area contributed by atoms with Crippen LogP contribution in [0.15, 0.2) is 0 Å². The van der Waals surface area contributed by atoms with Crippen molar-refractivity contribution in [3.05, 3.63) is 0 Å². The Labute approximate surface area is 97.6 Å². The topological polar surface area (TPSA) is 56.1 Å². The van der Waals surface area contributed by atoms with Gasteiger partial charge in [0.25, 0.3) is 0 Å². The third kappa shape index (κ3) is 3.82. The van der Waals surface area contributed by atoms with Crippen LogP contribution in [0.5, 0.6) is 0 Å². The minimum Gasteiger partial charge on any atom is -0.352 e. The number of amides is 1. The van der Waals surface area contributed by atoms with Crippen molar-refractivity contribution in [3.63, 3.8) is 0 Å². The Balaban J connectivity index is 2.47. The molecule has 0 aliphatic heterocycles. The van der Waals surface area contributed by atoms with Crippen LogP contribution in [0.1, 0.15) is 40.0 Å². The zero-order valence-electron chi connectivity index (χ0n) is 10.4. The van der Waals surface area contributed by atoms with E-state index < -0.39 is 0 Å². The van der Waals surface area contributed by atoms with E-state index in [-0.39, 0.29) is 18.0 Å². The molecule has 1 saturated carbocycles. The minimum atomic E-state index is -0.144. The normalized spacial score (nSPS) is 17.2. The van der Waals surface area contributed by atoms with Crippen LogP contribution in [0.2, 0.25) is 0 Å². The largest absolute Gasteiger partial charge is 0.352 e. The summed E-state index contributed by atoms with van der Waals surface area (Å²) in [7, 11) is 0. The Hall–Kier alpha value is -1.08. The lowest BCUT2D eigenvalue weighted by Crippen LogP contribution is -2.48. The number of nitrogens with one attached hydrogen (secondary N) is 1. The van der Waals surface area contributed by atoms with Gasteiger partial charge in [0.05, 0.1) is 12.1 Å². The zero-order chi connectivity index (χ0) is 12.1. The molecular weight excluding hydrogens is 202 g/mol. The van der Waals surface area contributed by atoms with Crippen LogP contribution < -0.4 is 5.32 Å². The van der Waals surface area contributed by atoms with E-state index in [0.29, 0.717) is 19.0 Å². The van der Waals surface area contributed by atoms with Crippen molar-refractivity contribution in [2.24, 2.45) is 0 Å². The number of hydrogen-bond donors (Lipinski definition) is 1. The molecule has 1 atom stereocenters. The van der Waals surface area contributed by atoms with E-state index in [1.54, 1.807) is 0 Å². The highest BCUT2D eigenvalue weighted by Gasteiger charge is 2.28. The summed E-state index contributed by atoms with van der Waals surface area (Å²) in [6.07, 6.45) is 2.69. The van der Waals surface area contributed by atoms with Crippen LogP contribution in [-0.4, -0.2) is 35.5 Å². The minimum absolute atomic E-state index is 0.0918. The van der Waals surface area contributed by atoms with Gasteiger partial charge in [-0.1, -0.05) is 0 Å². The molecule has 0 heterocycles. The molecule has 0 spiro atoms. The fourth-order valence-electron chi connectivity index (χ4n) is 1.78. The van der Waals surface area contributed by atoms with Crippen molar-refractivity contribution in [1.29, 1.82) is 5.26 Å². The van der Waals surface area contributed by atoms with Crippen molar-refractivity contribution in [3.8, 4) is 6.07 Å². The van der Waals surface area contributed by atoms with Gasteiger partial charge in [-0.15, -0.1) is 0 Å². The Morgan fingerprint density at radius 3 is 2.56 bits per heavy atom. The van der Waals surface area contributed by atoms with Crippen molar-refractivity contribution in [2.75, 3.05) is 6.54 Å². The van der Waals surface area contributed by atoms with Crippen LogP contribution in [0.3, 0.4) is 0 Å². The second-order valence-corrected chi connectivity index (χ2v) is 4.70. The van der Waals surface area contributed by atoms with Gasteiger partial charge in [-0.25, -0.2) is 0 Å². The van der Waals surface area contributed by atoms with Crippen molar-refractivity contribution >= 4 is 5.91 Å². The fourth-order valence-corrected chi connectivity index (χ4v) is 1.78. The molecule has 0 radical (unpaired) electrons. The summed E-state index contributed by atoms with van der Waals surface area (Å²) < 4.78 is 0. The quantitative estimate of drug-likeness (QED) is 0.738. The second-order valence-electron chi connectivity index (χ2n) is 4.70. The summed E-state index contributed by atoms with van der Waals surface area (Å²) in [6, 6.07) is 2.67. The summed E-state index contributed by atoms with van der Waals surface area (Å²) in [5.74, 6) is 0.0918. The molecule has 0 aromatic rings. The van der Waals surface area contributed by atoms with Gasteiger partial charge in [-0.2, -0.15) is 5.26 Å². The van der Waals surface area contributed by atoms with Gasteiger partial charge >= 0.3 is 0 Å². The predicted octanol–water partition coefficient (Wildman–Crippen LogP) is 1.28. The molecule has 1 N–H and O–H groups in total. The molecule has 0 aromatic carbocycles. The smallest absolute Gasteiger partial charge is 0.237 e. The van der Waals surface area contributed by atoms with Gasteiger partial charge < -0.3 is 5.32 Å². The third-order valence-corrected chi connectivity index (χ3v) is 2.95. The molecule has 1 amide bonds. The lowest BCUT2D eigenvalue weighted by atomic mass is 10.2. The van der Waals surface area contributed by atoms with Gasteiger partial charge in [0.1, 0.15) is 0 Å². The molecule has 16 heavy (non-hydrogen) atoms. The van der Waals surface area contributed by atoms with E-state index in [1.165, 1.54) is 0 Å². The van der Waals surface area contributed by atoms with Gasteiger partial charge in [0, 0.05) is 25.0 Å². The first-order valence-corrected chi connectivity index (χ1v) is 5.99. The van der Waals surface area contributed by atoms with Gasteiger partial charge in [-0.05, 0) is 33.6 Å². The summed E-state index contributed by atoms with van der Waals surface area (Å²) in [5, 5.41) is 11.6. The average Bonchev–Trinajstić information content (AvgIpc) is 3.01. The van der Waals surface area contributed by atoms with E-state index in [2.05, 4.69) is 30.1 Å². The van der Waals surface area contributed by atoms with Gasteiger partial charge in [0.15, 0.2) is 0 Å². The first-order chi connectivity index (χ1) is 7.56. The first-order valence-electron chi connectivity index (χ1n) is 5.99. The maximum Gasteiger partial charge on any atom is 0.237 e. The summed E-state index contributed by atoms with van der Waals surface area (Å²) in [6.45, 7) is 6.68. The highest BCUT2D eigenvalue weighted by Crippen LogP contribution is 2.19. The van der Waals surface area contributed by atoms with E-state index >= 15 is 0 Å². The Bertz CT molecular complexity index is 278. The molecule has 4 heteroatoms. The van der Waals surface area contributed by atoms with Crippen LogP contribution in [0, 0.1) is 11.3 Å². The standard InChI is InChI=1S/C12H21N3O/c1-9(2)15(8-4-7-13)10(3)12(16)14-11-5-6-11/h9-11H,4-6,8H2,1-3H3,(H,14,16). The van der Waals surface area contributed by atoms with Gasteiger partial charge in [0.2, 0.25) is 5.91 Å². The molecule has 0 saturated heterocycles. The Kier molecular flexibility index (Phi) is 4.75. The number of nitriles is 1. The lowest BCUT2D eigenvalue weighted by Gasteiger charge is -2.31. The number of nitrogens with zero attached hydrogens (tertiary/aromatic N) is 2. The summed E-state index contributed by atoms with van der Waals surface area (Å²) >= 11 is 0. The SMILES string of the molecule is CC(C)N(CCC#N)C(C)C(=O)NC1CC1.